The fourth-order valence-electron chi connectivity index (χ4n) is 3.21. The molecule has 0 radical (unpaired) electrons. The molecule has 0 amide bonds. The van der Waals surface area contributed by atoms with Crippen LogP contribution in [0, 0.1) is 5.92 Å². The molecule has 0 aliphatic heterocycles. The van der Waals surface area contributed by atoms with Gasteiger partial charge in [-0.3, -0.25) is 0 Å². The zero-order valence-corrected chi connectivity index (χ0v) is 11.9. The lowest BCUT2D eigenvalue weighted by molar-refractivity contribution is 0.312. The van der Waals surface area contributed by atoms with Crippen molar-refractivity contribution in [3.8, 4) is 0 Å². The highest BCUT2D eigenvalue weighted by molar-refractivity contribution is 7.90. The molecule has 2 fully saturated rings. The molecule has 2 rings (SSSR count). The summed E-state index contributed by atoms with van der Waals surface area (Å²) < 4.78 is 27.5. The Hall–Kier alpha value is -0.820. The van der Waals surface area contributed by atoms with Gasteiger partial charge in [0.1, 0.15) is 5.84 Å². The van der Waals surface area contributed by atoms with Crippen molar-refractivity contribution in [3.63, 3.8) is 0 Å². The number of oxime groups is 1. The molecule has 2 atom stereocenters. The largest absolute Gasteiger partial charge is 0.409 e. The van der Waals surface area contributed by atoms with Gasteiger partial charge in [0, 0.05) is 12.0 Å². The van der Waals surface area contributed by atoms with Crippen molar-refractivity contribution in [3.05, 3.63) is 0 Å². The van der Waals surface area contributed by atoms with Crippen LogP contribution in [0.5, 0.6) is 0 Å². The van der Waals surface area contributed by atoms with Crippen LogP contribution in [0.1, 0.15) is 51.4 Å². The molecule has 7 heteroatoms. The van der Waals surface area contributed by atoms with Crippen LogP contribution >= 0.6 is 0 Å². The molecule has 19 heavy (non-hydrogen) atoms. The maximum Gasteiger partial charge on any atom is 0.214 e. The van der Waals surface area contributed by atoms with Crippen LogP contribution in [-0.2, 0) is 10.0 Å². The van der Waals surface area contributed by atoms with E-state index in [1.54, 1.807) is 0 Å². The van der Waals surface area contributed by atoms with Crippen LogP contribution in [0.3, 0.4) is 0 Å². The summed E-state index contributed by atoms with van der Waals surface area (Å²) in [4.78, 5) is 0. The number of amidine groups is 1. The predicted molar refractivity (Wildman–Crippen MR) is 73.5 cm³/mol. The summed E-state index contributed by atoms with van der Waals surface area (Å²) in [5, 5.41) is 11.5. The van der Waals surface area contributed by atoms with Crippen molar-refractivity contribution in [1.82, 2.24) is 4.72 Å². The Kier molecular flexibility index (Phi) is 4.67. The average molecular weight is 289 g/mol. The number of rotatable bonds is 4. The highest BCUT2D eigenvalue weighted by Crippen LogP contribution is 2.29. The highest BCUT2D eigenvalue weighted by atomic mass is 32.2. The standard InChI is InChI=1S/C12H23N3O3S/c13-12(14-16)10-7-4-8-11(10)15-19(17,18)9-5-2-1-3-6-9/h9-11,15-16H,1-8H2,(H2,13,14). The predicted octanol–water partition coefficient (Wildman–Crippen LogP) is 1.15. The quantitative estimate of drug-likeness (QED) is 0.312. The van der Waals surface area contributed by atoms with Gasteiger partial charge in [-0.1, -0.05) is 30.8 Å². The van der Waals surface area contributed by atoms with Gasteiger partial charge < -0.3 is 10.9 Å². The van der Waals surface area contributed by atoms with E-state index in [0.717, 1.165) is 51.4 Å². The Labute approximate surface area is 114 Å². The average Bonchev–Trinajstić information content (AvgIpc) is 2.86. The molecule has 6 nitrogen and oxygen atoms in total. The zero-order valence-electron chi connectivity index (χ0n) is 11.1. The third kappa shape index (κ3) is 3.39. The van der Waals surface area contributed by atoms with E-state index in [9.17, 15) is 8.42 Å². The molecule has 2 saturated carbocycles. The van der Waals surface area contributed by atoms with Crippen LogP contribution in [-0.4, -0.2) is 30.8 Å². The zero-order chi connectivity index (χ0) is 13.9. The van der Waals surface area contributed by atoms with Crippen molar-refractivity contribution in [2.45, 2.75) is 62.7 Å². The van der Waals surface area contributed by atoms with Gasteiger partial charge >= 0.3 is 0 Å². The van der Waals surface area contributed by atoms with Gasteiger partial charge in [0.25, 0.3) is 0 Å². The van der Waals surface area contributed by atoms with E-state index in [0.29, 0.717) is 0 Å². The molecule has 2 unspecified atom stereocenters. The van der Waals surface area contributed by atoms with Gasteiger partial charge in [-0.2, -0.15) is 0 Å². The summed E-state index contributed by atoms with van der Waals surface area (Å²) in [5.74, 6) is -0.0443. The first-order valence-electron chi connectivity index (χ1n) is 7.03. The van der Waals surface area contributed by atoms with E-state index in [1.165, 1.54) is 0 Å². The molecule has 2 aliphatic rings. The minimum Gasteiger partial charge on any atom is -0.409 e. The minimum atomic E-state index is -3.28. The minimum absolute atomic E-state index is 0.133. The number of sulfonamides is 1. The summed E-state index contributed by atoms with van der Waals surface area (Å²) in [6.45, 7) is 0. The Bertz CT molecular complexity index is 430. The van der Waals surface area contributed by atoms with Crippen molar-refractivity contribution in [1.29, 1.82) is 0 Å². The molecule has 0 aromatic carbocycles. The molecule has 4 N–H and O–H groups in total. The summed E-state index contributed by atoms with van der Waals surface area (Å²) in [6.07, 6.45) is 7.02. The molecule has 0 saturated heterocycles. The highest BCUT2D eigenvalue weighted by Gasteiger charge is 2.36. The fraction of sp³-hybridized carbons (Fsp3) is 0.917. The smallest absolute Gasteiger partial charge is 0.214 e. The number of hydrogen-bond acceptors (Lipinski definition) is 4. The molecule has 0 heterocycles. The summed E-state index contributed by atoms with van der Waals surface area (Å²) in [7, 11) is -3.28. The maximum atomic E-state index is 12.3. The van der Waals surface area contributed by atoms with Gasteiger partial charge in [-0.25, -0.2) is 13.1 Å². The first-order chi connectivity index (χ1) is 9.04. The third-order valence-electron chi connectivity index (χ3n) is 4.32. The van der Waals surface area contributed by atoms with E-state index < -0.39 is 10.0 Å². The summed E-state index contributed by atoms with van der Waals surface area (Å²) in [6, 6.07) is -0.220. The number of hydrogen-bond donors (Lipinski definition) is 3. The topological polar surface area (TPSA) is 105 Å². The molecule has 2 aliphatic carbocycles. The monoisotopic (exact) mass is 289 g/mol. The second-order valence-electron chi connectivity index (χ2n) is 5.59. The Morgan fingerprint density at radius 3 is 2.42 bits per heavy atom. The van der Waals surface area contributed by atoms with E-state index in [-0.39, 0.29) is 23.0 Å². The molecular formula is C12H23N3O3S. The van der Waals surface area contributed by atoms with Crippen molar-refractivity contribution in [2.75, 3.05) is 0 Å². The van der Waals surface area contributed by atoms with E-state index in [4.69, 9.17) is 10.9 Å². The molecule has 0 aromatic heterocycles. The Morgan fingerprint density at radius 1 is 1.11 bits per heavy atom. The lowest BCUT2D eigenvalue weighted by Gasteiger charge is -2.26. The van der Waals surface area contributed by atoms with Crippen LogP contribution in [0.25, 0.3) is 0 Å². The lowest BCUT2D eigenvalue weighted by Crippen LogP contribution is -2.46. The molecule has 0 spiro atoms. The lowest BCUT2D eigenvalue weighted by atomic mass is 10.0. The first kappa shape index (κ1) is 14.6. The summed E-state index contributed by atoms with van der Waals surface area (Å²) in [5.41, 5.74) is 5.63. The van der Waals surface area contributed by atoms with Gasteiger partial charge in [-0.05, 0) is 25.7 Å². The molecule has 0 bridgehead atoms. The van der Waals surface area contributed by atoms with E-state index in [2.05, 4.69) is 9.88 Å². The van der Waals surface area contributed by atoms with Gasteiger partial charge in [0.2, 0.25) is 10.0 Å². The third-order valence-corrected chi connectivity index (χ3v) is 6.30. The van der Waals surface area contributed by atoms with Crippen molar-refractivity contribution < 1.29 is 13.6 Å². The van der Waals surface area contributed by atoms with E-state index in [1.807, 2.05) is 0 Å². The summed E-state index contributed by atoms with van der Waals surface area (Å²) >= 11 is 0. The first-order valence-corrected chi connectivity index (χ1v) is 8.58. The SMILES string of the molecule is N/C(=N/O)C1CCCC1NS(=O)(=O)C1CCCCC1. The van der Waals surface area contributed by atoms with Crippen molar-refractivity contribution >= 4 is 15.9 Å². The van der Waals surface area contributed by atoms with Crippen LogP contribution < -0.4 is 10.5 Å². The van der Waals surface area contributed by atoms with Gasteiger partial charge in [-0.15, -0.1) is 0 Å². The van der Waals surface area contributed by atoms with E-state index >= 15 is 0 Å². The van der Waals surface area contributed by atoms with Crippen LogP contribution in [0.15, 0.2) is 5.16 Å². The van der Waals surface area contributed by atoms with Gasteiger partial charge in [0.05, 0.1) is 5.25 Å². The fourth-order valence-corrected chi connectivity index (χ4v) is 5.06. The van der Waals surface area contributed by atoms with Crippen LogP contribution in [0.2, 0.25) is 0 Å². The number of nitrogens with two attached hydrogens (primary N) is 1. The second-order valence-corrected chi connectivity index (χ2v) is 7.58. The van der Waals surface area contributed by atoms with Gasteiger partial charge in [0.15, 0.2) is 0 Å². The Balaban J connectivity index is 2.02. The van der Waals surface area contributed by atoms with Crippen molar-refractivity contribution in [2.24, 2.45) is 16.8 Å². The maximum absolute atomic E-state index is 12.3. The normalized spacial score (nSPS) is 30.6. The molecule has 0 aromatic rings. The molecule has 110 valence electrons. The molecular weight excluding hydrogens is 266 g/mol. The second kappa shape index (κ2) is 6.09. The number of nitrogens with one attached hydrogen (secondary N) is 1. The number of nitrogens with zero attached hydrogens (tertiary/aromatic N) is 1. The Morgan fingerprint density at radius 2 is 1.79 bits per heavy atom. The van der Waals surface area contributed by atoms with Crippen LogP contribution in [0.4, 0.5) is 0 Å².